The van der Waals surface area contributed by atoms with E-state index in [0.717, 1.165) is 0 Å². The van der Waals surface area contributed by atoms with Crippen LogP contribution in [-0.2, 0) is 0 Å². The zero-order valence-corrected chi connectivity index (χ0v) is 8.53. The van der Waals surface area contributed by atoms with E-state index in [4.69, 9.17) is 0 Å². The Morgan fingerprint density at radius 2 is 2.50 bits per heavy atom. The van der Waals surface area contributed by atoms with Crippen LogP contribution in [0.4, 0.5) is 0 Å². The molecule has 3 heteroatoms. The van der Waals surface area contributed by atoms with E-state index in [2.05, 4.69) is 17.2 Å². The molecule has 0 aliphatic carbocycles. The molecule has 0 bridgehead atoms. The highest BCUT2D eigenvalue weighted by Gasteiger charge is 2.08. The van der Waals surface area contributed by atoms with E-state index in [-0.39, 0.29) is 0 Å². The van der Waals surface area contributed by atoms with Gasteiger partial charge in [0.25, 0.3) is 0 Å². The minimum Gasteiger partial charge on any atom is -0.312 e. The first-order chi connectivity index (χ1) is 5.88. The quantitative estimate of drug-likeness (QED) is 0.761. The molecular weight excluding hydrogens is 168 g/mol. The Kier molecular flexibility index (Phi) is 4.25. The zero-order valence-electron chi connectivity index (χ0n) is 7.71. The number of hydrogen-bond acceptors (Lipinski definition) is 3. The van der Waals surface area contributed by atoms with Gasteiger partial charge in [-0.3, -0.25) is 4.98 Å². The fourth-order valence-electron chi connectivity index (χ4n) is 1.23. The van der Waals surface area contributed by atoms with Crippen LogP contribution in [0.25, 0.3) is 0 Å². The average Bonchev–Trinajstić information content (AvgIpc) is 2.59. The second-order valence-electron chi connectivity index (χ2n) is 2.89. The minimum atomic E-state index is 0.512. The molecule has 0 amide bonds. The maximum atomic E-state index is 4.08. The summed E-state index contributed by atoms with van der Waals surface area (Å²) in [5.74, 6) is 0. The molecule has 1 atom stereocenters. The van der Waals surface area contributed by atoms with Gasteiger partial charge in [-0.25, -0.2) is 0 Å². The third-order valence-electron chi connectivity index (χ3n) is 1.99. The molecule has 1 rings (SSSR count). The van der Waals surface area contributed by atoms with Gasteiger partial charge in [0.15, 0.2) is 0 Å². The lowest BCUT2D eigenvalue weighted by Crippen LogP contribution is -2.14. The summed E-state index contributed by atoms with van der Waals surface area (Å²) in [6, 6.07) is 0.512. The Morgan fingerprint density at radius 3 is 3.00 bits per heavy atom. The van der Waals surface area contributed by atoms with Crippen LogP contribution in [0.15, 0.2) is 11.7 Å². The van der Waals surface area contributed by atoms with E-state index >= 15 is 0 Å². The molecule has 68 valence electrons. The zero-order chi connectivity index (χ0) is 8.81. The number of thiazole rings is 1. The lowest BCUT2D eigenvalue weighted by atomic mass is 10.1. The van der Waals surface area contributed by atoms with Gasteiger partial charge in [-0.2, -0.15) is 0 Å². The predicted octanol–water partition coefficient (Wildman–Crippen LogP) is 2.59. The van der Waals surface area contributed by atoms with Crippen LogP contribution < -0.4 is 5.32 Å². The van der Waals surface area contributed by atoms with Gasteiger partial charge in [-0.15, -0.1) is 11.3 Å². The Balaban J connectivity index is 2.45. The highest BCUT2D eigenvalue weighted by Crippen LogP contribution is 2.21. The third kappa shape index (κ3) is 2.57. The topological polar surface area (TPSA) is 24.9 Å². The van der Waals surface area contributed by atoms with Crippen molar-refractivity contribution in [1.29, 1.82) is 0 Å². The van der Waals surface area contributed by atoms with Crippen LogP contribution in [0.5, 0.6) is 0 Å². The van der Waals surface area contributed by atoms with E-state index in [1.54, 1.807) is 11.3 Å². The first kappa shape index (κ1) is 9.68. The fourth-order valence-corrected chi connectivity index (χ4v) is 2.00. The molecule has 1 N–H and O–H groups in total. The van der Waals surface area contributed by atoms with Crippen molar-refractivity contribution in [2.24, 2.45) is 0 Å². The van der Waals surface area contributed by atoms with Crippen LogP contribution in [0.1, 0.15) is 37.1 Å². The molecule has 1 aromatic heterocycles. The van der Waals surface area contributed by atoms with E-state index in [0.29, 0.717) is 6.04 Å². The van der Waals surface area contributed by atoms with Gasteiger partial charge < -0.3 is 5.32 Å². The summed E-state index contributed by atoms with van der Waals surface area (Å²) in [6.07, 6.45) is 5.72. The second-order valence-corrected chi connectivity index (χ2v) is 3.81. The van der Waals surface area contributed by atoms with Crippen LogP contribution >= 0.6 is 11.3 Å². The van der Waals surface area contributed by atoms with Crippen molar-refractivity contribution in [2.45, 2.75) is 32.2 Å². The van der Waals surface area contributed by atoms with Gasteiger partial charge >= 0.3 is 0 Å². The lowest BCUT2D eigenvalue weighted by molar-refractivity contribution is 0.529. The number of aromatic nitrogens is 1. The Morgan fingerprint density at radius 1 is 1.67 bits per heavy atom. The Bertz CT molecular complexity index is 196. The monoisotopic (exact) mass is 184 g/mol. The molecular formula is C9H16N2S. The van der Waals surface area contributed by atoms with Crippen molar-refractivity contribution in [2.75, 3.05) is 7.05 Å². The van der Waals surface area contributed by atoms with Crippen LogP contribution in [0.3, 0.4) is 0 Å². The van der Waals surface area contributed by atoms with Crippen LogP contribution in [-0.4, -0.2) is 12.0 Å². The average molecular weight is 184 g/mol. The van der Waals surface area contributed by atoms with Crippen molar-refractivity contribution in [3.8, 4) is 0 Å². The van der Waals surface area contributed by atoms with Crippen molar-refractivity contribution in [3.63, 3.8) is 0 Å². The molecule has 0 aliphatic heterocycles. The largest absolute Gasteiger partial charge is 0.312 e. The van der Waals surface area contributed by atoms with Gasteiger partial charge in [0.2, 0.25) is 0 Å². The first-order valence-electron chi connectivity index (χ1n) is 4.44. The van der Waals surface area contributed by atoms with Gasteiger partial charge in [0.05, 0.1) is 5.51 Å². The summed E-state index contributed by atoms with van der Waals surface area (Å²) in [5.41, 5.74) is 1.89. The highest BCUT2D eigenvalue weighted by molar-refractivity contribution is 7.09. The van der Waals surface area contributed by atoms with Crippen LogP contribution in [0, 0.1) is 0 Å². The Hall–Kier alpha value is -0.410. The normalized spacial score (nSPS) is 13.2. The van der Waals surface area contributed by atoms with Crippen molar-refractivity contribution < 1.29 is 0 Å². The number of rotatable bonds is 5. The van der Waals surface area contributed by atoms with Crippen molar-refractivity contribution in [1.82, 2.24) is 10.3 Å². The van der Waals surface area contributed by atoms with E-state index in [1.807, 2.05) is 18.8 Å². The summed E-state index contributed by atoms with van der Waals surface area (Å²) in [5, 5.41) is 3.31. The number of nitrogens with zero attached hydrogens (tertiary/aromatic N) is 1. The molecule has 1 heterocycles. The standard InChI is InChI=1S/C9H16N2S/c1-3-4-5-8(10-2)9-6-11-7-12-9/h6-8,10H,3-5H2,1-2H3. The fraction of sp³-hybridized carbons (Fsp3) is 0.667. The number of hydrogen-bond donors (Lipinski definition) is 1. The molecule has 0 saturated heterocycles. The highest BCUT2D eigenvalue weighted by atomic mass is 32.1. The summed E-state index contributed by atoms with van der Waals surface area (Å²) >= 11 is 1.73. The number of nitrogens with one attached hydrogen (secondary N) is 1. The second kappa shape index (κ2) is 5.27. The summed E-state index contributed by atoms with van der Waals surface area (Å²) < 4.78 is 0. The molecule has 0 radical (unpaired) electrons. The number of unbranched alkanes of at least 4 members (excludes halogenated alkanes) is 1. The molecule has 0 aromatic carbocycles. The maximum absolute atomic E-state index is 4.08. The first-order valence-corrected chi connectivity index (χ1v) is 5.32. The Labute approximate surface area is 78.0 Å². The molecule has 12 heavy (non-hydrogen) atoms. The molecule has 2 nitrogen and oxygen atoms in total. The van der Waals surface area contributed by atoms with Gasteiger partial charge in [-0.05, 0) is 13.5 Å². The van der Waals surface area contributed by atoms with E-state index in [1.165, 1.54) is 24.1 Å². The molecule has 0 spiro atoms. The minimum absolute atomic E-state index is 0.512. The van der Waals surface area contributed by atoms with Crippen molar-refractivity contribution in [3.05, 3.63) is 16.6 Å². The predicted molar refractivity (Wildman–Crippen MR) is 53.4 cm³/mol. The molecule has 1 aromatic rings. The van der Waals surface area contributed by atoms with Crippen LogP contribution in [0.2, 0.25) is 0 Å². The smallest absolute Gasteiger partial charge is 0.0794 e. The third-order valence-corrected chi connectivity index (χ3v) is 2.88. The summed E-state index contributed by atoms with van der Waals surface area (Å²) in [7, 11) is 2.01. The molecule has 0 fully saturated rings. The van der Waals surface area contributed by atoms with Gasteiger partial charge in [0, 0.05) is 17.1 Å². The maximum Gasteiger partial charge on any atom is 0.0794 e. The molecule has 0 aliphatic rings. The SMILES string of the molecule is CCCCC(NC)c1cncs1. The lowest BCUT2D eigenvalue weighted by Gasteiger charge is -2.12. The van der Waals surface area contributed by atoms with Gasteiger partial charge in [-0.1, -0.05) is 19.8 Å². The summed E-state index contributed by atoms with van der Waals surface area (Å²) in [6.45, 7) is 2.22. The van der Waals surface area contributed by atoms with E-state index in [9.17, 15) is 0 Å². The van der Waals surface area contributed by atoms with E-state index < -0.39 is 0 Å². The summed E-state index contributed by atoms with van der Waals surface area (Å²) in [4.78, 5) is 5.43. The molecule has 0 saturated carbocycles. The van der Waals surface area contributed by atoms with Gasteiger partial charge in [0.1, 0.15) is 0 Å². The van der Waals surface area contributed by atoms with Crippen molar-refractivity contribution >= 4 is 11.3 Å². The molecule has 1 unspecified atom stereocenters.